The van der Waals surface area contributed by atoms with Crippen molar-refractivity contribution in [2.24, 2.45) is 0 Å². The molecule has 0 unspecified atom stereocenters. The van der Waals surface area contributed by atoms with Crippen molar-refractivity contribution >= 4 is 0 Å². The minimum atomic E-state index is -0.0581. The fourth-order valence-corrected chi connectivity index (χ4v) is 1.54. The van der Waals surface area contributed by atoms with Gasteiger partial charge >= 0.3 is 0 Å². The predicted molar refractivity (Wildman–Crippen MR) is 62.6 cm³/mol. The maximum Gasteiger partial charge on any atom is 0.119 e. The normalized spacial score (nSPS) is 10.5. The molecule has 0 saturated heterocycles. The number of ether oxygens (including phenoxy) is 1. The summed E-state index contributed by atoms with van der Waals surface area (Å²) in [7, 11) is 0. The molecule has 1 heterocycles. The van der Waals surface area contributed by atoms with Gasteiger partial charge < -0.3 is 9.84 Å². The number of hydrogen-bond acceptors (Lipinski definition) is 4. The second-order valence-electron chi connectivity index (χ2n) is 3.77. The van der Waals surface area contributed by atoms with Gasteiger partial charge in [-0.05, 0) is 24.6 Å². The lowest BCUT2D eigenvalue weighted by molar-refractivity contribution is 0.252. The van der Waals surface area contributed by atoms with Crippen LogP contribution in [0.25, 0.3) is 0 Å². The molecule has 0 aliphatic carbocycles. The van der Waals surface area contributed by atoms with E-state index in [4.69, 9.17) is 9.84 Å². The Balaban J connectivity index is 1.87. The topological polar surface area (TPSA) is 60.2 Å². The van der Waals surface area contributed by atoms with Gasteiger partial charge in [-0.15, -0.1) is 5.10 Å². The van der Waals surface area contributed by atoms with Gasteiger partial charge in [-0.25, -0.2) is 4.68 Å². The lowest BCUT2D eigenvalue weighted by Gasteiger charge is -2.07. The van der Waals surface area contributed by atoms with Crippen LogP contribution in [0, 0.1) is 6.92 Å². The van der Waals surface area contributed by atoms with Crippen LogP contribution in [0.1, 0.15) is 11.3 Å². The first-order chi connectivity index (χ1) is 8.29. The third kappa shape index (κ3) is 3.04. The molecule has 0 aliphatic rings. The number of hydrogen-bond donors (Lipinski definition) is 1. The van der Waals surface area contributed by atoms with Gasteiger partial charge in [0, 0.05) is 0 Å². The van der Waals surface area contributed by atoms with E-state index in [1.165, 1.54) is 5.56 Å². The average molecular weight is 233 g/mol. The van der Waals surface area contributed by atoms with E-state index in [9.17, 15) is 0 Å². The largest absolute Gasteiger partial charge is 0.492 e. The number of aliphatic hydroxyl groups is 1. The number of rotatable bonds is 5. The summed E-state index contributed by atoms with van der Waals surface area (Å²) in [6.07, 6.45) is 1.55. The first kappa shape index (κ1) is 11.6. The van der Waals surface area contributed by atoms with Crippen molar-refractivity contribution in [3.8, 4) is 5.75 Å². The molecule has 1 aromatic carbocycles. The van der Waals surface area contributed by atoms with Crippen LogP contribution in [-0.2, 0) is 13.2 Å². The van der Waals surface area contributed by atoms with Crippen LogP contribution in [0.4, 0.5) is 0 Å². The summed E-state index contributed by atoms with van der Waals surface area (Å²) in [4.78, 5) is 0. The third-order valence-corrected chi connectivity index (χ3v) is 2.42. The van der Waals surface area contributed by atoms with Crippen LogP contribution in [0.2, 0.25) is 0 Å². The molecule has 0 amide bonds. The van der Waals surface area contributed by atoms with Crippen molar-refractivity contribution in [3.05, 3.63) is 41.7 Å². The summed E-state index contributed by atoms with van der Waals surface area (Å²) < 4.78 is 7.22. The standard InChI is InChI=1S/C12H15N3O2/c1-10-3-2-4-12(7-10)17-6-5-15-11(9-16)8-13-14-15/h2-4,7-8,16H,5-6,9H2,1H3. The molecular weight excluding hydrogens is 218 g/mol. The number of benzene rings is 1. The van der Waals surface area contributed by atoms with Crippen LogP contribution in [0.5, 0.6) is 5.75 Å². The zero-order valence-electron chi connectivity index (χ0n) is 9.71. The smallest absolute Gasteiger partial charge is 0.119 e. The maximum atomic E-state index is 9.02. The molecule has 0 bridgehead atoms. The highest BCUT2D eigenvalue weighted by Gasteiger charge is 2.02. The lowest BCUT2D eigenvalue weighted by Crippen LogP contribution is -2.12. The van der Waals surface area contributed by atoms with Gasteiger partial charge in [-0.2, -0.15) is 0 Å². The Labute approximate surface area is 99.7 Å². The monoisotopic (exact) mass is 233 g/mol. The van der Waals surface area contributed by atoms with Crippen LogP contribution in [-0.4, -0.2) is 26.7 Å². The van der Waals surface area contributed by atoms with Gasteiger partial charge in [0.05, 0.1) is 25.0 Å². The van der Waals surface area contributed by atoms with Crippen molar-refractivity contribution in [2.45, 2.75) is 20.1 Å². The van der Waals surface area contributed by atoms with Crippen molar-refractivity contribution in [3.63, 3.8) is 0 Å². The Kier molecular flexibility index (Phi) is 3.72. The maximum absolute atomic E-state index is 9.02. The van der Waals surface area contributed by atoms with Gasteiger partial charge in [-0.1, -0.05) is 17.3 Å². The van der Waals surface area contributed by atoms with Gasteiger partial charge in [-0.3, -0.25) is 0 Å². The molecule has 90 valence electrons. The fraction of sp³-hybridized carbons (Fsp3) is 0.333. The first-order valence-corrected chi connectivity index (χ1v) is 5.47. The second kappa shape index (κ2) is 5.45. The Hall–Kier alpha value is -1.88. The quantitative estimate of drug-likeness (QED) is 0.841. The summed E-state index contributed by atoms with van der Waals surface area (Å²) in [6.45, 7) is 3.04. The molecule has 5 nitrogen and oxygen atoms in total. The van der Waals surface area contributed by atoms with Crippen LogP contribution < -0.4 is 4.74 Å². The highest BCUT2D eigenvalue weighted by atomic mass is 16.5. The molecule has 0 atom stereocenters. The second-order valence-corrected chi connectivity index (χ2v) is 3.77. The van der Waals surface area contributed by atoms with E-state index in [0.717, 1.165) is 5.75 Å². The Morgan fingerprint density at radius 1 is 1.41 bits per heavy atom. The third-order valence-electron chi connectivity index (χ3n) is 2.42. The van der Waals surface area contributed by atoms with E-state index in [1.54, 1.807) is 10.9 Å². The number of aliphatic hydroxyl groups excluding tert-OH is 1. The SMILES string of the molecule is Cc1cccc(OCCn2nncc2CO)c1. The number of nitrogens with zero attached hydrogens (tertiary/aromatic N) is 3. The van der Waals surface area contributed by atoms with Crippen molar-refractivity contribution in [1.82, 2.24) is 15.0 Å². The summed E-state index contributed by atoms with van der Waals surface area (Å²) in [5.41, 5.74) is 1.86. The van der Waals surface area contributed by atoms with Crippen molar-refractivity contribution < 1.29 is 9.84 Å². The lowest BCUT2D eigenvalue weighted by atomic mass is 10.2. The zero-order valence-corrected chi connectivity index (χ0v) is 9.71. The van der Waals surface area contributed by atoms with Gasteiger partial charge in [0.2, 0.25) is 0 Å². The van der Waals surface area contributed by atoms with Crippen molar-refractivity contribution in [2.75, 3.05) is 6.61 Å². The number of aromatic nitrogens is 3. The van der Waals surface area contributed by atoms with Crippen LogP contribution >= 0.6 is 0 Å². The minimum absolute atomic E-state index is 0.0581. The Morgan fingerprint density at radius 3 is 3.06 bits per heavy atom. The molecule has 17 heavy (non-hydrogen) atoms. The van der Waals surface area contributed by atoms with Crippen LogP contribution in [0.15, 0.2) is 30.5 Å². The summed E-state index contributed by atoms with van der Waals surface area (Å²) in [5.74, 6) is 0.843. The minimum Gasteiger partial charge on any atom is -0.492 e. The molecule has 0 spiro atoms. The average Bonchev–Trinajstić information content (AvgIpc) is 2.77. The zero-order chi connectivity index (χ0) is 12.1. The Morgan fingerprint density at radius 2 is 2.29 bits per heavy atom. The van der Waals surface area contributed by atoms with E-state index in [1.807, 2.05) is 31.2 Å². The van der Waals surface area contributed by atoms with Gasteiger partial charge in [0.15, 0.2) is 0 Å². The van der Waals surface area contributed by atoms with E-state index in [-0.39, 0.29) is 6.61 Å². The Bertz CT molecular complexity index is 482. The predicted octanol–water partition coefficient (Wildman–Crippen LogP) is 1.16. The van der Waals surface area contributed by atoms with Crippen molar-refractivity contribution in [1.29, 1.82) is 0 Å². The fourth-order valence-electron chi connectivity index (χ4n) is 1.54. The van der Waals surface area contributed by atoms with E-state index >= 15 is 0 Å². The molecule has 1 aromatic heterocycles. The molecule has 0 radical (unpaired) electrons. The molecular formula is C12H15N3O2. The number of aryl methyl sites for hydroxylation is 1. The summed E-state index contributed by atoms with van der Waals surface area (Å²) in [6, 6.07) is 7.88. The van der Waals surface area contributed by atoms with E-state index < -0.39 is 0 Å². The summed E-state index contributed by atoms with van der Waals surface area (Å²) in [5, 5.41) is 16.6. The highest BCUT2D eigenvalue weighted by molar-refractivity contribution is 5.27. The molecule has 2 aromatic rings. The molecule has 5 heteroatoms. The molecule has 0 fully saturated rings. The van der Waals surface area contributed by atoms with Crippen LogP contribution in [0.3, 0.4) is 0 Å². The highest BCUT2D eigenvalue weighted by Crippen LogP contribution is 2.12. The van der Waals surface area contributed by atoms with E-state index in [2.05, 4.69) is 10.3 Å². The van der Waals surface area contributed by atoms with E-state index in [0.29, 0.717) is 18.8 Å². The van der Waals surface area contributed by atoms with Gasteiger partial charge in [0.25, 0.3) is 0 Å². The molecule has 2 rings (SSSR count). The molecule has 1 N–H and O–H groups in total. The molecule has 0 saturated carbocycles. The molecule has 0 aliphatic heterocycles. The van der Waals surface area contributed by atoms with Gasteiger partial charge in [0.1, 0.15) is 12.4 Å². The summed E-state index contributed by atoms with van der Waals surface area (Å²) >= 11 is 0. The first-order valence-electron chi connectivity index (χ1n) is 5.47.